The molecule has 108 valence electrons. The summed E-state index contributed by atoms with van der Waals surface area (Å²) in [6.07, 6.45) is 0.959. The molecule has 1 aliphatic heterocycles. The summed E-state index contributed by atoms with van der Waals surface area (Å²) in [5, 5.41) is 3.29. The summed E-state index contributed by atoms with van der Waals surface area (Å²) in [5.41, 5.74) is 1.05. The lowest BCUT2D eigenvalue weighted by molar-refractivity contribution is -0.148. The van der Waals surface area contributed by atoms with Crippen molar-refractivity contribution in [1.29, 1.82) is 0 Å². The Balaban J connectivity index is 2.05. The van der Waals surface area contributed by atoms with Crippen molar-refractivity contribution in [2.45, 2.75) is 31.8 Å². The first-order chi connectivity index (χ1) is 9.52. The largest absolute Gasteiger partial charge is 0.497 e. The Morgan fingerprint density at radius 3 is 2.85 bits per heavy atom. The number of nitrogens with zero attached hydrogens (tertiary/aromatic N) is 1. The van der Waals surface area contributed by atoms with Crippen LogP contribution in [0.3, 0.4) is 0 Å². The fourth-order valence-corrected chi connectivity index (χ4v) is 2.38. The second kappa shape index (κ2) is 6.05. The molecule has 1 aliphatic rings. The number of rotatable bonds is 4. The van der Waals surface area contributed by atoms with Crippen molar-refractivity contribution >= 4 is 11.8 Å². The normalized spacial score (nSPS) is 20.9. The number of hydrogen-bond acceptors (Lipinski definition) is 4. The van der Waals surface area contributed by atoms with Gasteiger partial charge in [-0.3, -0.25) is 19.8 Å². The molecule has 1 saturated heterocycles. The number of methoxy groups -OCH3 is 1. The summed E-state index contributed by atoms with van der Waals surface area (Å²) in [6.45, 7) is 2.00. The summed E-state index contributed by atoms with van der Waals surface area (Å²) in [5.74, 6) is 0.525. The number of nitrogens with one attached hydrogen (secondary N) is 1. The minimum Gasteiger partial charge on any atom is -0.497 e. The highest BCUT2D eigenvalue weighted by atomic mass is 16.5. The van der Waals surface area contributed by atoms with Crippen LogP contribution >= 0.6 is 0 Å². The monoisotopic (exact) mass is 276 g/mol. The highest BCUT2D eigenvalue weighted by Gasteiger charge is 2.32. The van der Waals surface area contributed by atoms with Crippen molar-refractivity contribution in [2.75, 3.05) is 14.2 Å². The van der Waals surface area contributed by atoms with E-state index in [1.165, 1.54) is 11.9 Å². The zero-order valence-corrected chi connectivity index (χ0v) is 12.1. The van der Waals surface area contributed by atoms with Crippen LogP contribution in [0, 0.1) is 0 Å². The molecular weight excluding hydrogens is 256 g/mol. The minimum atomic E-state index is -0.307. The molecule has 1 aromatic rings. The van der Waals surface area contributed by atoms with Crippen LogP contribution in [-0.4, -0.2) is 36.9 Å². The number of likely N-dealkylation sites (tertiary alicyclic amines) is 1. The van der Waals surface area contributed by atoms with E-state index in [1.54, 1.807) is 7.11 Å². The first kappa shape index (κ1) is 14.5. The Morgan fingerprint density at radius 2 is 2.15 bits per heavy atom. The van der Waals surface area contributed by atoms with Gasteiger partial charge in [0.25, 0.3) is 0 Å². The van der Waals surface area contributed by atoms with E-state index < -0.39 is 0 Å². The van der Waals surface area contributed by atoms with Gasteiger partial charge in [0.2, 0.25) is 11.8 Å². The van der Waals surface area contributed by atoms with E-state index in [9.17, 15) is 9.59 Å². The number of hydrogen-bond donors (Lipinski definition) is 1. The van der Waals surface area contributed by atoms with Gasteiger partial charge in [-0.05, 0) is 31.0 Å². The molecule has 1 N–H and O–H groups in total. The molecule has 2 amide bonds. The highest BCUT2D eigenvalue weighted by molar-refractivity contribution is 6.00. The van der Waals surface area contributed by atoms with E-state index in [0.717, 1.165) is 11.3 Å². The van der Waals surface area contributed by atoms with Gasteiger partial charge >= 0.3 is 0 Å². The maximum Gasteiger partial charge on any atom is 0.246 e. The van der Waals surface area contributed by atoms with Crippen molar-refractivity contribution in [3.05, 3.63) is 29.8 Å². The molecule has 1 fully saturated rings. The summed E-state index contributed by atoms with van der Waals surface area (Å²) in [7, 11) is 3.16. The fourth-order valence-electron chi connectivity index (χ4n) is 2.38. The lowest BCUT2D eigenvalue weighted by Crippen LogP contribution is -2.51. The van der Waals surface area contributed by atoms with Crippen LogP contribution in [0.1, 0.15) is 31.4 Å². The zero-order chi connectivity index (χ0) is 14.7. The molecule has 0 radical (unpaired) electrons. The number of amides is 2. The third-order valence-electron chi connectivity index (χ3n) is 3.69. The second-order valence-electron chi connectivity index (χ2n) is 5.05. The molecular formula is C15H20N2O3. The number of carbonyl (C=O) groups excluding carboxylic acids is 2. The molecule has 0 spiro atoms. The van der Waals surface area contributed by atoms with Gasteiger partial charge in [0.1, 0.15) is 5.75 Å². The van der Waals surface area contributed by atoms with Gasteiger partial charge in [0, 0.05) is 19.5 Å². The number of likely N-dealkylation sites (N-methyl/N-ethyl adjacent to an activating group) is 1. The van der Waals surface area contributed by atoms with E-state index >= 15 is 0 Å². The van der Waals surface area contributed by atoms with Gasteiger partial charge in [-0.2, -0.15) is 0 Å². The van der Waals surface area contributed by atoms with Crippen LogP contribution in [0.15, 0.2) is 24.3 Å². The van der Waals surface area contributed by atoms with Crippen LogP contribution in [-0.2, 0) is 9.59 Å². The molecule has 20 heavy (non-hydrogen) atoms. The van der Waals surface area contributed by atoms with E-state index in [2.05, 4.69) is 5.32 Å². The third kappa shape index (κ3) is 2.99. The first-order valence-corrected chi connectivity index (χ1v) is 6.73. The minimum absolute atomic E-state index is 0.0145. The Morgan fingerprint density at radius 1 is 1.40 bits per heavy atom. The van der Waals surface area contributed by atoms with E-state index in [4.69, 9.17) is 4.74 Å². The zero-order valence-electron chi connectivity index (χ0n) is 12.1. The van der Waals surface area contributed by atoms with Crippen LogP contribution in [0.4, 0.5) is 0 Å². The molecule has 5 heteroatoms. The number of carbonyl (C=O) groups is 2. The summed E-state index contributed by atoms with van der Waals surface area (Å²) < 4.78 is 5.20. The van der Waals surface area contributed by atoms with Crippen LogP contribution in [0.2, 0.25) is 0 Å². The van der Waals surface area contributed by atoms with Crippen LogP contribution < -0.4 is 10.1 Å². The standard InChI is InChI=1S/C15H20N2O3/c1-10(11-5-4-6-12(9-11)20-3)16-13-7-8-14(18)17(2)15(13)19/h4-6,9-10,13,16H,7-8H2,1-3H3. The van der Waals surface area contributed by atoms with E-state index in [-0.39, 0.29) is 23.9 Å². The predicted molar refractivity (Wildman–Crippen MR) is 75.3 cm³/mol. The average Bonchev–Trinajstić information content (AvgIpc) is 2.48. The molecule has 0 saturated carbocycles. The number of imide groups is 1. The first-order valence-electron chi connectivity index (χ1n) is 6.73. The molecule has 1 heterocycles. The highest BCUT2D eigenvalue weighted by Crippen LogP contribution is 2.21. The molecule has 2 unspecified atom stereocenters. The maximum absolute atomic E-state index is 12.0. The number of ether oxygens (including phenoxy) is 1. The molecule has 0 aromatic heterocycles. The molecule has 0 bridgehead atoms. The Kier molecular flexibility index (Phi) is 4.39. The smallest absolute Gasteiger partial charge is 0.246 e. The third-order valence-corrected chi connectivity index (χ3v) is 3.69. The van der Waals surface area contributed by atoms with Gasteiger partial charge in [0.05, 0.1) is 13.2 Å². The summed E-state index contributed by atoms with van der Waals surface area (Å²) >= 11 is 0. The average molecular weight is 276 g/mol. The Hall–Kier alpha value is -1.88. The van der Waals surface area contributed by atoms with E-state index in [1.807, 2.05) is 31.2 Å². The number of benzene rings is 1. The quantitative estimate of drug-likeness (QED) is 0.847. The van der Waals surface area contributed by atoms with Crippen LogP contribution in [0.5, 0.6) is 5.75 Å². The van der Waals surface area contributed by atoms with Crippen molar-refractivity contribution in [3.63, 3.8) is 0 Å². The van der Waals surface area contributed by atoms with Crippen molar-refractivity contribution < 1.29 is 14.3 Å². The summed E-state index contributed by atoms with van der Waals surface area (Å²) in [6, 6.07) is 7.45. The molecule has 0 aliphatic carbocycles. The molecule has 2 atom stereocenters. The van der Waals surface area contributed by atoms with Gasteiger partial charge in [-0.25, -0.2) is 0 Å². The molecule has 2 rings (SSSR count). The molecule has 1 aromatic carbocycles. The summed E-state index contributed by atoms with van der Waals surface area (Å²) in [4.78, 5) is 24.7. The predicted octanol–water partition coefficient (Wildman–Crippen LogP) is 1.49. The Labute approximate surface area is 118 Å². The second-order valence-corrected chi connectivity index (χ2v) is 5.05. The van der Waals surface area contributed by atoms with Gasteiger partial charge in [-0.15, -0.1) is 0 Å². The Bertz CT molecular complexity index is 516. The topological polar surface area (TPSA) is 58.6 Å². The van der Waals surface area contributed by atoms with Crippen LogP contribution in [0.25, 0.3) is 0 Å². The molecule has 5 nitrogen and oxygen atoms in total. The maximum atomic E-state index is 12.0. The van der Waals surface area contributed by atoms with Crippen molar-refractivity contribution in [3.8, 4) is 5.75 Å². The number of piperidine rings is 1. The van der Waals surface area contributed by atoms with Crippen molar-refractivity contribution in [2.24, 2.45) is 0 Å². The van der Waals surface area contributed by atoms with Gasteiger partial charge < -0.3 is 4.74 Å². The van der Waals surface area contributed by atoms with Crippen molar-refractivity contribution in [1.82, 2.24) is 10.2 Å². The van der Waals surface area contributed by atoms with Gasteiger partial charge in [0.15, 0.2) is 0 Å². The lowest BCUT2D eigenvalue weighted by Gasteiger charge is -2.30. The lowest BCUT2D eigenvalue weighted by atomic mass is 10.0. The SMILES string of the molecule is COc1cccc(C(C)NC2CCC(=O)N(C)C2=O)c1. The fraction of sp³-hybridized carbons (Fsp3) is 0.467. The van der Waals surface area contributed by atoms with E-state index in [0.29, 0.717) is 12.8 Å². The van der Waals surface area contributed by atoms with Gasteiger partial charge in [-0.1, -0.05) is 12.1 Å².